The standard InChI is InChI=1S/C38H41FN4O9Si/c1-22-36(53(3,4)39)32(17-33(46)40-20-26-8-6-5-7-25(26)15-29(40)21-44)52-38(22)30-16-28(43(49)50)13-14-31(30)41(37(38)48)19-24-9-11-27(12-10-24)42-34(47)18-35(42)51-23(2)45/h5-14,16,22,29,32,35-36,44H,15,17-21H2,1-4H3/t22-,29-,32+,35?,36-,38+/m0/s1. The number of ether oxygens (including phenoxy) is 2. The third-order valence-corrected chi connectivity index (χ3v) is 13.6. The number of hydrogen-bond acceptors (Lipinski definition) is 9. The Morgan fingerprint density at radius 2 is 1.77 bits per heavy atom. The molecule has 4 heterocycles. The van der Waals surface area contributed by atoms with Crippen LogP contribution in [0.25, 0.3) is 0 Å². The van der Waals surface area contributed by atoms with Gasteiger partial charge >= 0.3 is 5.97 Å². The zero-order valence-corrected chi connectivity index (χ0v) is 30.9. The van der Waals surface area contributed by atoms with E-state index in [1.807, 2.05) is 24.3 Å². The molecule has 13 nitrogen and oxygen atoms in total. The highest BCUT2D eigenvalue weighted by Gasteiger charge is 2.67. The van der Waals surface area contributed by atoms with Gasteiger partial charge in [-0.2, -0.15) is 0 Å². The molecule has 3 aromatic carbocycles. The molecule has 0 bridgehead atoms. The molecule has 0 aliphatic carbocycles. The summed E-state index contributed by atoms with van der Waals surface area (Å²) in [5, 5.41) is 22.2. The van der Waals surface area contributed by atoms with Crippen molar-refractivity contribution in [2.75, 3.05) is 16.4 Å². The number of benzene rings is 3. The van der Waals surface area contributed by atoms with Gasteiger partial charge in [0, 0.05) is 48.3 Å². The minimum Gasteiger partial charge on any atom is -0.441 e. The predicted molar refractivity (Wildman–Crippen MR) is 193 cm³/mol. The van der Waals surface area contributed by atoms with E-state index in [1.54, 1.807) is 36.1 Å². The largest absolute Gasteiger partial charge is 0.441 e. The number of anilines is 2. The van der Waals surface area contributed by atoms with Crippen molar-refractivity contribution in [3.05, 3.63) is 99.1 Å². The Morgan fingerprint density at radius 1 is 1.08 bits per heavy atom. The first-order valence-corrected chi connectivity index (χ1v) is 20.6. The normalized spacial score (nSPS) is 26.4. The number of esters is 1. The first-order chi connectivity index (χ1) is 25.1. The highest BCUT2D eigenvalue weighted by molar-refractivity contribution is 6.72. The van der Waals surface area contributed by atoms with Crippen LogP contribution in [0.3, 0.4) is 0 Å². The van der Waals surface area contributed by atoms with Crippen LogP contribution in [0.5, 0.6) is 0 Å². The number of halogens is 1. The molecule has 0 aromatic heterocycles. The number of aliphatic hydroxyl groups excluding tert-OH is 1. The van der Waals surface area contributed by atoms with Gasteiger partial charge in [-0.1, -0.05) is 43.3 Å². The second kappa shape index (κ2) is 13.5. The third-order valence-electron chi connectivity index (χ3n) is 11.2. The summed E-state index contributed by atoms with van der Waals surface area (Å²) >= 11 is 0. The maximum atomic E-state index is 16.5. The van der Waals surface area contributed by atoms with E-state index in [1.165, 1.54) is 48.0 Å². The van der Waals surface area contributed by atoms with E-state index in [9.17, 15) is 34.4 Å². The number of amides is 3. The molecule has 7 rings (SSSR count). The summed E-state index contributed by atoms with van der Waals surface area (Å²) in [6.07, 6.45) is -1.42. The number of nitro groups is 1. The number of fused-ring (bicyclic) bond motifs is 3. The molecule has 1 spiro atoms. The molecule has 6 atom stereocenters. The number of carbonyl (C=O) groups excluding carboxylic acids is 4. The Balaban J connectivity index is 1.21. The van der Waals surface area contributed by atoms with Crippen LogP contribution in [0.15, 0.2) is 66.7 Å². The quantitative estimate of drug-likeness (QED) is 0.0805. The van der Waals surface area contributed by atoms with Gasteiger partial charge < -0.3 is 28.5 Å². The van der Waals surface area contributed by atoms with Crippen LogP contribution in [-0.4, -0.2) is 72.0 Å². The smallest absolute Gasteiger partial charge is 0.304 e. The second-order valence-corrected chi connectivity index (χ2v) is 18.6. The van der Waals surface area contributed by atoms with Gasteiger partial charge in [0.2, 0.25) is 20.2 Å². The molecule has 3 aromatic rings. The van der Waals surface area contributed by atoms with Gasteiger partial charge in [-0.25, -0.2) is 0 Å². The fourth-order valence-electron chi connectivity index (χ4n) is 8.77. The van der Waals surface area contributed by atoms with Gasteiger partial charge in [0.1, 0.15) is 0 Å². The fraction of sp³-hybridized carbons (Fsp3) is 0.421. The van der Waals surface area contributed by atoms with Crippen LogP contribution in [-0.2, 0) is 53.8 Å². The molecular weight excluding hydrogens is 704 g/mol. The number of hydrogen-bond donors (Lipinski definition) is 1. The lowest BCUT2D eigenvalue weighted by Crippen LogP contribution is -2.54. The summed E-state index contributed by atoms with van der Waals surface area (Å²) < 4.78 is 28.4. The van der Waals surface area contributed by atoms with Gasteiger partial charge in [-0.15, -0.1) is 0 Å². The van der Waals surface area contributed by atoms with E-state index >= 15 is 4.11 Å². The van der Waals surface area contributed by atoms with Gasteiger partial charge in [-0.3, -0.25) is 34.2 Å². The molecular formula is C38H41FN4O9Si. The van der Waals surface area contributed by atoms with Crippen LogP contribution < -0.4 is 9.80 Å². The average molecular weight is 745 g/mol. The Hall–Kier alpha value is -4.99. The summed E-state index contributed by atoms with van der Waals surface area (Å²) in [5.41, 5.74) is 0.896. The maximum Gasteiger partial charge on any atom is 0.304 e. The molecule has 4 aliphatic heterocycles. The minimum absolute atomic E-state index is 0.0269. The summed E-state index contributed by atoms with van der Waals surface area (Å²) in [7, 11) is -3.68. The van der Waals surface area contributed by atoms with E-state index < -0.39 is 60.6 Å². The van der Waals surface area contributed by atoms with Crippen molar-refractivity contribution in [3.63, 3.8) is 0 Å². The number of β-lactam (4-membered cyclic amide) rings is 1. The second-order valence-electron chi connectivity index (χ2n) is 14.9. The Labute approximate surface area is 306 Å². The van der Waals surface area contributed by atoms with Crippen molar-refractivity contribution in [3.8, 4) is 0 Å². The molecule has 1 unspecified atom stereocenters. The van der Waals surface area contributed by atoms with Crippen molar-refractivity contribution in [2.45, 2.75) is 88.8 Å². The molecule has 3 amide bonds. The highest BCUT2D eigenvalue weighted by Crippen LogP contribution is 2.61. The average Bonchev–Trinajstić information content (AvgIpc) is 3.53. The molecule has 2 saturated heterocycles. The van der Waals surface area contributed by atoms with Crippen molar-refractivity contribution in [1.82, 2.24) is 4.90 Å². The first kappa shape index (κ1) is 36.4. The van der Waals surface area contributed by atoms with Crippen LogP contribution >= 0.6 is 0 Å². The molecule has 2 fully saturated rings. The van der Waals surface area contributed by atoms with Gasteiger partial charge in [0.15, 0.2) is 11.8 Å². The Morgan fingerprint density at radius 3 is 2.40 bits per heavy atom. The van der Waals surface area contributed by atoms with E-state index in [-0.39, 0.29) is 55.6 Å². The first-order valence-electron chi connectivity index (χ1n) is 17.7. The van der Waals surface area contributed by atoms with Crippen molar-refractivity contribution >= 4 is 49.2 Å². The molecule has 53 heavy (non-hydrogen) atoms. The summed E-state index contributed by atoms with van der Waals surface area (Å²) in [6, 6.07) is 18.1. The van der Waals surface area contributed by atoms with E-state index in [0.717, 1.165) is 11.1 Å². The minimum atomic E-state index is -3.68. The number of rotatable bonds is 9. The lowest BCUT2D eigenvalue weighted by molar-refractivity contribution is -0.385. The molecule has 4 aliphatic rings. The van der Waals surface area contributed by atoms with E-state index in [4.69, 9.17) is 9.47 Å². The SMILES string of the molecule is CC(=O)OC1CC(=O)N1c1ccc(CN2C(=O)[C@]3(O[C@H](CC(=O)N4Cc5ccccc5C[C@H]4CO)[C@@H]([Si](C)(C)F)[C@@H]3C)c3cc([N+](=O)[O-])ccc32)cc1. The zero-order valence-electron chi connectivity index (χ0n) is 29.9. The van der Waals surface area contributed by atoms with Crippen LogP contribution in [0.2, 0.25) is 18.6 Å². The monoisotopic (exact) mass is 744 g/mol. The van der Waals surface area contributed by atoms with E-state index in [2.05, 4.69) is 0 Å². The van der Waals surface area contributed by atoms with Crippen molar-refractivity contribution in [1.29, 1.82) is 0 Å². The zero-order chi connectivity index (χ0) is 38.0. The molecule has 0 saturated carbocycles. The van der Waals surface area contributed by atoms with Crippen LogP contribution in [0.1, 0.15) is 48.9 Å². The molecule has 15 heteroatoms. The summed E-state index contributed by atoms with van der Waals surface area (Å²) in [4.78, 5) is 68.6. The van der Waals surface area contributed by atoms with Gasteiger partial charge in [-0.05, 0) is 54.4 Å². The Bertz CT molecular complexity index is 2010. The van der Waals surface area contributed by atoms with Crippen LogP contribution in [0.4, 0.5) is 21.2 Å². The summed E-state index contributed by atoms with van der Waals surface area (Å²) in [5.74, 6) is -2.36. The number of nitro benzene ring substituents is 1. The van der Waals surface area contributed by atoms with Crippen LogP contribution in [0, 0.1) is 16.0 Å². The highest BCUT2D eigenvalue weighted by atomic mass is 28.4. The van der Waals surface area contributed by atoms with Gasteiger partial charge in [0.25, 0.3) is 11.6 Å². The topological polar surface area (TPSA) is 160 Å². The van der Waals surface area contributed by atoms with Gasteiger partial charge in [0.05, 0.1) is 48.7 Å². The predicted octanol–water partition coefficient (Wildman–Crippen LogP) is 4.88. The lowest BCUT2D eigenvalue weighted by atomic mass is 9.82. The maximum absolute atomic E-state index is 16.5. The number of nitrogens with zero attached hydrogens (tertiary/aromatic N) is 4. The third kappa shape index (κ3) is 6.19. The molecule has 0 radical (unpaired) electrons. The number of non-ortho nitro benzene ring substituents is 1. The van der Waals surface area contributed by atoms with Crippen molar-refractivity contribution < 1.29 is 42.8 Å². The summed E-state index contributed by atoms with van der Waals surface area (Å²) in [6.45, 7) is 6.06. The number of carbonyl (C=O) groups is 4. The lowest BCUT2D eigenvalue weighted by Gasteiger charge is -2.39. The molecule has 1 N–H and O–H groups in total. The van der Waals surface area contributed by atoms with Crippen molar-refractivity contribution in [2.24, 2.45) is 5.92 Å². The fourth-order valence-corrected chi connectivity index (χ4v) is 11.3. The van der Waals surface area contributed by atoms with E-state index in [0.29, 0.717) is 23.4 Å². The number of aliphatic hydroxyl groups is 1. The Kier molecular flexibility index (Phi) is 9.23. The molecule has 278 valence electrons.